The lowest BCUT2D eigenvalue weighted by molar-refractivity contribution is 0.348. The molecule has 112 valence electrons. The van der Waals surface area contributed by atoms with Crippen LogP contribution < -0.4 is 0 Å². The first-order valence-corrected chi connectivity index (χ1v) is 7.70. The van der Waals surface area contributed by atoms with Crippen LogP contribution in [0.2, 0.25) is 0 Å². The maximum Gasteiger partial charge on any atom is 0.145 e. The SMILES string of the molecule is C=C(C)[C@H]1CC(C#N)(C#N)C[C@]12CC=C(C#N)c1ccccc12. The van der Waals surface area contributed by atoms with Crippen LogP contribution in [0.4, 0.5) is 0 Å². The summed E-state index contributed by atoms with van der Waals surface area (Å²) in [5, 5.41) is 28.6. The Morgan fingerprint density at radius 3 is 2.52 bits per heavy atom. The Bertz CT molecular complexity index is 827. The van der Waals surface area contributed by atoms with Gasteiger partial charge in [-0.3, -0.25) is 0 Å². The summed E-state index contributed by atoms with van der Waals surface area (Å²) in [7, 11) is 0. The van der Waals surface area contributed by atoms with Gasteiger partial charge in [-0.05, 0) is 43.2 Å². The van der Waals surface area contributed by atoms with Crippen LogP contribution in [0, 0.1) is 45.3 Å². The third-order valence-corrected chi connectivity index (χ3v) is 5.40. The van der Waals surface area contributed by atoms with Crippen LogP contribution in [0.3, 0.4) is 0 Å². The Labute approximate surface area is 136 Å². The molecule has 0 saturated heterocycles. The van der Waals surface area contributed by atoms with Crippen molar-refractivity contribution in [1.82, 2.24) is 0 Å². The van der Waals surface area contributed by atoms with Gasteiger partial charge in [0.15, 0.2) is 0 Å². The predicted octanol–water partition coefficient (Wildman–Crippen LogP) is 4.25. The number of nitrogens with zero attached hydrogens (tertiary/aromatic N) is 3. The number of hydrogen-bond acceptors (Lipinski definition) is 3. The van der Waals surface area contributed by atoms with E-state index in [1.807, 2.05) is 37.3 Å². The van der Waals surface area contributed by atoms with E-state index < -0.39 is 5.41 Å². The maximum absolute atomic E-state index is 9.61. The molecule has 0 N–H and O–H groups in total. The standard InChI is InChI=1S/C20H17N3/c1-14(2)18-9-19(12-22,13-23)11-20(18)8-7-15(10-21)16-5-3-4-6-17(16)20/h3-7,18H,1,8-9,11H2,2H3/t18-,20+/m1/s1. The molecule has 0 radical (unpaired) electrons. The zero-order valence-electron chi connectivity index (χ0n) is 13.1. The van der Waals surface area contributed by atoms with Crippen molar-refractivity contribution in [3.05, 3.63) is 53.6 Å². The highest BCUT2D eigenvalue weighted by atomic mass is 14.6. The molecule has 3 heteroatoms. The van der Waals surface area contributed by atoms with E-state index in [0.717, 1.165) is 16.7 Å². The van der Waals surface area contributed by atoms with Crippen LogP contribution in [0.1, 0.15) is 37.3 Å². The molecule has 1 aromatic carbocycles. The lowest BCUT2D eigenvalue weighted by Crippen LogP contribution is -2.34. The second-order valence-electron chi connectivity index (χ2n) is 6.72. The predicted molar refractivity (Wildman–Crippen MR) is 87.5 cm³/mol. The number of fused-ring (bicyclic) bond motifs is 2. The van der Waals surface area contributed by atoms with Crippen LogP contribution in [0.25, 0.3) is 5.57 Å². The van der Waals surface area contributed by atoms with E-state index in [0.29, 0.717) is 24.8 Å². The van der Waals surface area contributed by atoms with E-state index in [1.165, 1.54) is 0 Å². The van der Waals surface area contributed by atoms with Gasteiger partial charge in [0.25, 0.3) is 0 Å². The maximum atomic E-state index is 9.61. The van der Waals surface area contributed by atoms with E-state index in [9.17, 15) is 15.8 Å². The number of allylic oxidation sites excluding steroid dienone is 3. The second kappa shape index (κ2) is 5.12. The average molecular weight is 299 g/mol. The fraction of sp³-hybridized carbons (Fsp3) is 0.350. The van der Waals surface area contributed by atoms with Crippen LogP contribution in [-0.4, -0.2) is 0 Å². The number of benzene rings is 1. The van der Waals surface area contributed by atoms with Crippen molar-refractivity contribution >= 4 is 5.57 Å². The summed E-state index contributed by atoms with van der Waals surface area (Å²) >= 11 is 0. The van der Waals surface area contributed by atoms with Gasteiger partial charge >= 0.3 is 0 Å². The first-order chi connectivity index (χ1) is 11.0. The zero-order valence-corrected chi connectivity index (χ0v) is 13.1. The fourth-order valence-corrected chi connectivity index (χ4v) is 4.38. The molecule has 1 aromatic rings. The third-order valence-electron chi connectivity index (χ3n) is 5.40. The average Bonchev–Trinajstić information content (AvgIpc) is 2.92. The lowest BCUT2D eigenvalue weighted by atomic mass is 9.63. The Morgan fingerprint density at radius 1 is 1.22 bits per heavy atom. The topological polar surface area (TPSA) is 71.4 Å². The molecule has 2 atom stereocenters. The van der Waals surface area contributed by atoms with Gasteiger partial charge in [-0.1, -0.05) is 42.5 Å². The van der Waals surface area contributed by atoms with Crippen LogP contribution in [0.15, 0.2) is 42.5 Å². The van der Waals surface area contributed by atoms with Gasteiger partial charge < -0.3 is 0 Å². The van der Waals surface area contributed by atoms with Crippen molar-refractivity contribution in [2.24, 2.45) is 11.3 Å². The van der Waals surface area contributed by atoms with Crippen molar-refractivity contribution in [3.63, 3.8) is 0 Å². The smallest absolute Gasteiger partial charge is 0.145 e. The van der Waals surface area contributed by atoms with Gasteiger partial charge in [-0.25, -0.2) is 0 Å². The Morgan fingerprint density at radius 2 is 1.91 bits per heavy atom. The van der Waals surface area contributed by atoms with Gasteiger partial charge in [0.2, 0.25) is 0 Å². The largest absolute Gasteiger partial charge is 0.197 e. The molecule has 1 fully saturated rings. The molecule has 3 rings (SSSR count). The fourth-order valence-electron chi connectivity index (χ4n) is 4.38. The van der Waals surface area contributed by atoms with E-state index in [1.54, 1.807) is 0 Å². The highest BCUT2D eigenvalue weighted by Gasteiger charge is 2.57. The number of hydrogen-bond donors (Lipinski definition) is 0. The molecule has 1 saturated carbocycles. The summed E-state index contributed by atoms with van der Waals surface area (Å²) in [5.74, 6) is 0.0689. The molecule has 0 aliphatic heterocycles. The molecular formula is C20H17N3. The van der Waals surface area contributed by atoms with Crippen LogP contribution in [-0.2, 0) is 5.41 Å². The molecule has 0 bridgehead atoms. The highest BCUT2D eigenvalue weighted by Crippen LogP contribution is 2.60. The van der Waals surface area contributed by atoms with Gasteiger partial charge in [0.1, 0.15) is 5.41 Å². The van der Waals surface area contributed by atoms with Crippen molar-refractivity contribution in [3.8, 4) is 18.2 Å². The van der Waals surface area contributed by atoms with Gasteiger partial charge in [0.05, 0.1) is 23.8 Å². The molecule has 2 aliphatic rings. The molecule has 23 heavy (non-hydrogen) atoms. The zero-order chi connectivity index (χ0) is 16.7. The van der Waals surface area contributed by atoms with Crippen molar-refractivity contribution in [1.29, 1.82) is 15.8 Å². The molecule has 0 aromatic heterocycles. The molecular weight excluding hydrogens is 282 g/mol. The summed E-state index contributed by atoms with van der Waals surface area (Å²) in [6, 6.07) is 14.7. The minimum absolute atomic E-state index is 0.0689. The summed E-state index contributed by atoms with van der Waals surface area (Å²) in [6.07, 6.45) is 3.65. The molecule has 0 unspecified atom stereocenters. The molecule has 1 spiro atoms. The summed E-state index contributed by atoms with van der Waals surface area (Å²) in [4.78, 5) is 0. The Kier molecular flexibility index (Phi) is 3.35. The number of rotatable bonds is 1. The van der Waals surface area contributed by atoms with Crippen molar-refractivity contribution < 1.29 is 0 Å². The minimum Gasteiger partial charge on any atom is -0.197 e. The minimum atomic E-state index is -0.977. The monoisotopic (exact) mass is 299 g/mol. The first kappa shape index (κ1) is 15.1. The lowest BCUT2D eigenvalue weighted by Gasteiger charge is -2.39. The first-order valence-electron chi connectivity index (χ1n) is 7.70. The second-order valence-corrected chi connectivity index (χ2v) is 6.72. The highest BCUT2D eigenvalue weighted by molar-refractivity contribution is 5.81. The molecule has 2 aliphatic carbocycles. The summed E-state index contributed by atoms with van der Waals surface area (Å²) in [5.41, 5.74) is 2.40. The van der Waals surface area contributed by atoms with Gasteiger partial charge in [-0.15, -0.1) is 0 Å². The van der Waals surface area contributed by atoms with Crippen molar-refractivity contribution in [2.75, 3.05) is 0 Å². The van der Waals surface area contributed by atoms with E-state index in [4.69, 9.17) is 0 Å². The van der Waals surface area contributed by atoms with Crippen molar-refractivity contribution in [2.45, 2.75) is 31.6 Å². The summed E-state index contributed by atoms with van der Waals surface area (Å²) in [6.45, 7) is 6.10. The van der Waals surface area contributed by atoms with E-state index in [-0.39, 0.29) is 11.3 Å². The van der Waals surface area contributed by atoms with E-state index >= 15 is 0 Å². The Balaban J connectivity index is 2.25. The summed E-state index contributed by atoms with van der Waals surface area (Å²) < 4.78 is 0. The van der Waals surface area contributed by atoms with Gasteiger partial charge in [0, 0.05) is 5.41 Å². The van der Waals surface area contributed by atoms with Gasteiger partial charge in [-0.2, -0.15) is 15.8 Å². The number of nitriles is 3. The van der Waals surface area contributed by atoms with Crippen LogP contribution in [0.5, 0.6) is 0 Å². The van der Waals surface area contributed by atoms with Crippen LogP contribution >= 0.6 is 0 Å². The quantitative estimate of drug-likeness (QED) is 0.727. The van der Waals surface area contributed by atoms with E-state index in [2.05, 4.69) is 24.8 Å². The molecule has 3 nitrogen and oxygen atoms in total. The third kappa shape index (κ3) is 2.00. The molecule has 0 heterocycles. The molecule has 0 amide bonds. The normalized spacial score (nSPS) is 27.2. The Hall–Kier alpha value is -2.83.